The first-order valence-corrected chi connectivity index (χ1v) is 10.1. The Morgan fingerprint density at radius 3 is 1.54 bits per heavy atom. The summed E-state index contributed by atoms with van der Waals surface area (Å²) in [5.74, 6) is 0. The van der Waals surface area contributed by atoms with Gasteiger partial charge in [0.2, 0.25) is 0 Å². The average Bonchev–Trinajstić information content (AvgIpc) is 2.85. The number of rotatable bonds is 8. The Balaban J connectivity index is 1.46. The van der Waals surface area contributed by atoms with Crippen LogP contribution in [0.25, 0.3) is 0 Å². The SMILES string of the molecule is O=C1N(CC(O)CN2CCNCC2)COOCN1CC(O)CN1CCNCC1. The number of β-amino-alcohol motifs (C(OH)–C–C–N with tert-alkyl or cyclic N) is 2. The van der Waals surface area contributed by atoms with Crippen LogP contribution in [0, 0.1) is 0 Å². The summed E-state index contributed by atoms with van der Waals surface area (Å²) in [6.45, 7) is 8.44. The molecule has 3 aliphatic heterocycles. The molecule has 0 aromatic carbocycles. The molecule has 2 amide bonds. The molecule has 3 heterocycles. The molecule has 0 aromatic rings. The van der Waals surface area contributed by atoms with Gasteiger partial charge in [-0.05, 0) is 0 Å². The highest BCUT2D eigenvalue weighted by Crippen LogP contribution is 2.09. The fourth-order valence-electron chi connectivity index (χ4n) is 3.78. The maximum absolute atomic E-state index is 12.8. The van der Waals surface area contributed by atoms with Gasteiger partial charge in [-0.15, -0.1) is 0 Å². The number of nitrogens with one attached hydrogen (secondary N) is 2. The Morgan fingerprint density at radius 2 is 1.14 bits per heavy atom. The molecule has 3 saturated heterocycles. The molecule has 0 radical (unpaired) electrons. The highest BCUT2D eigenvalue weighted by Gasteiger charge is 2.29. The van der Waals surface area contributed by atoms with Gasteiger partial charge in [0, 0.05) is 65.4 Å². The van der Waals surface area contributed by atoms with Crippen LogP contribution in [0.15, 0.2) is 0 Å². The van der Waals surface area contributed by atoms with Gasteiger partial charge in [0.15, 0.2) is 13.5 Å². The number of amides is 2. The Kier molecular flexibility index (Phi) is 8.67. The van der Waals surface area contributed by atoms with E-state index in [2.05, 4.69) is 20.4 Å². The van der Waals surface area contributed by atoms with Crippen molar-refractivity contribution in [3.05, 3.63) is 0 Å². The molecular formula is C17H34N6O5. The van der Waals surface area contributed by atoms with E-state index in [1.165, 1.54) is 9.80 Å². The van der Waals surface area contributed by atoms with E-state index in [4.69, 9.17) is 9.78 Å². The van der Waals surface area contributed by atoms with Gasteiger partial charge < -0.3 is 20.8 Å². The normalized spacial score (nSPS) is 25.6. The standard InChI is InChI=1S/C17H34N6O5/c24-15(9-20-5-1-18-2-6-20)11-22-13-27-28-14-23(17(22)26)12-16(25)10-21-7-3-19-4-8-21/h15-16,18-19,24-25H,1-14H2. The highest BCUT2D eigenvalue weighted by molar-refractivity contribution is 5.74. The van der Waals surface area contributed by atoms with E-state index in [9.17, 15) is 15.0 Å². The van der Waals surface area contributed by atoms with Gasteiger partial charge in [-0.2, -0.15) is 0 Å². The molecule has 4 N–H and O–H groups in total. The molecule has 28 heavy (non-hydrogen) atoms. The maximum Gasteiger partial charge on any atom is 0.324 e. The topological polar surface area (TPSA) is 113 Å². The van der Waals surface area contributed by atoms with Gasteiger partial charge in [0.25, 0.3) is 0 Å². The number of urea groups is 1. The van der Waals surface area contributed by atoms with Crippen molar-refractivity contribution in [3.63, 3.8) is 0 Å². The number of aliphatic hydroxyl groups excluding tert-OH is 2. The molecule has 11 nitrogen and oxygen atoms in total. The van der Waals surface area contributed by atoms with E-state index in [1.54, 1.807) is 0 Å². The Morgan fingerprint density at radius 1 is 0.750 bits per heavy atom. The average molecular weight is 402 g/mol. The molecule has 0 bridgehead atoms. The Hall–Kier alpha value is -1.05. The Bertz CT molecular complexity index is 435. The van der Waals surface area contributed by atoms with Crippen molar-refractivity contribution >= 4 is 6.03 Å². The van der Waals surface area contributed by atoms with Gasteiger partial charge in [0.05, 0.1) is 25.3 Å². The van der Waals surface area contributed by atoms with Gasteiger partial charge >= 0.3 is 6.03 Å². The minimum Gasteiger partial charge on any atom is -0.390 e. The monoisotopic (exact) mass is 402 g/mol. The molecule has 3 rings (SSSR count). The van der Waals surface area contributed by atoms with Crippen molar-refractivity contribution < 1.29 is 24.8 Å². The van der Waals surface area contributed by atoms with Crippen LogP contribution < -0.4 is 10.6 Å². The van der Waals surface area contributed by atoms with Crippen molar-refractivity contribution in [1.29, 1.82) is 0 Å². The number of hydrogen-bond acceptors (Lipinski definition) is 9. The summed E-state index contributed by atoms with van der Waals surface area (Å²) in [6, 6.07) is -0.295. The van der Waals surface area contributed by atoms with Crippen molar-refractivity contribution in [1.82, 2.24) is 30.2 Å². The van der Waals surface area contributed by atoms with Crippen molar-refractivity contribution in [2.75, 3.05) is 92.0 Å². The second-order valence-electron chi connectivity index (χ2n) is 7.63. The number of carbonyl (C=O) groups excluding carboxylic acids is 1. The minimum atomic E-state index is -0.670. The summed E-state index contributed by atoms with van der Waals surface area (Å²) in [4.78, 5) is 30.1. The van der Waals surface area contributed by atoms with E-state index >= 15 is 0 Å². The summed E-state index contributed by atoms with van der Waals surface area (Å²) in [7, 11) is 0. The van der Waals surface area contributed by atoms with Gasteiger partial charge in [0.1, 0.15) is 0 Å². The summed E-state index contributed by atoms with van der Waals surface area (Å²) in [5, 5.41) is 27.4. The lowest BCUT2D eigenvalue weighted by atomic mass is 10.2. The number of piperazine rings is 2. The first-order chi connectivity index (χ1) is 13.6. The van der Waals surface area contributed by atoms with Crippen LogP contribution in [0.5, 0.6) is 0 Å². The predicted octanol–water partition coefficient (Wildman–Crippen LogP) is -2.88. The smallest absolute Gasteiger partial charge is 0.324 e. The Labute approximate surface area is 166 Å². The zero-order valence-corrected chi connectivity index (χ0v) is 16.5. The second-order valence-corrected chi connectivity index (χ2v) is 7.63. The van der Waals surface area contributed by atoms with Gasteiger partial charge in [-0.3, -0.25) is 19.6 Å². The number of nitrogens with zero attached hydrogens (tertiary/aromatic N) is 4. The molecule has 0 aliphatic carbocycles. The molecule has 2 atom stereocenters. The third-order valence-corrected chi connectivity index (χ3v) is 5.26. The first kappa shape index (κ1) is 21.7. The molecule has 0 saturated carbocycles. The second kappa shape index (κ2) is 11.2. The van der Waals surface area contributed by atoms with E-state index in [0.29, 0.717) is 13.1 Å². The number of aliphatic hydroxyl groups is 2. The molecule has 3 fully saturated rings. The summed E-state index contributed by atoms with van der Waals surface area (Å²) in [5.41, 5.74) is 0. The lowest BCUT2D eigenvalue weighted by molar-refractivity contribution is -0.315. The molecule has 0 aromatic heterocycles. The van der Waals surface area contributed by atoms with Crippen LogP contribution in [-0.4, -0.2) is 140 Å². The van der Waals surface area contributed by atoms with E-state index in [0.717, 1.165) is 52.4 Å². The molecule has 3 aliphatic rings. The fourth-order valence-corrected chi connectivity index (χ4v) is 3.78. The molecule has 162 valence electrons. The van der Waals surface area contributed by atoms with Crippen LogP contribution in [0.3, 0.4) is 0 Å². The summed E-state index contributed by atoms with van der Waals surface area (Å²) in [6.07, 6.45) is -1.34. The van der Waals surface area contributed by atoms with Gasteiger partial charge in [-0.25, -0.2) is 14.6 Å². The third kappa shape index (κ3) is 6.78. The highest BCUT2D eigenvalue weighted by atomic mass is 17.2. The summed E-state index contributed by atoms with van der Waals surface area (Å²) >= 11 is 0. The van der Waals surface area contributed by atoms with Crippen LogP contribution in [-0.2, 0) is 9.78 Å². The lowest BCUT2D eigenvalue weighted by Gasteiger charge is -2.33. The fraction of sp³-hybridized carbons (Fsp3) is 0.941. The maximum atomic E-state index is 12.8. The van der Waals surface area contributed by atoms with Crippen molar-refractivity contribution in [2.24, 2.45) is 0 Å². The molecular weight excluding hydrogens is 368 g/mol. The molecule has 0 spiro atoms. The van der Waals surface area contributed by atoms with E-state index in [1.807, 2.05) is 0 Å². The largest absolute Gasteiger partial charge is 0.390 e. The third-order valence-electron chi connectivity index (χ3n) is 5.26. The van der Waals surface area contributed by atoms with Crippen molar-refractivity contribution in [3.8, 4) is 0 Å². The van der Waals surface area contributed by atoms with Crippen LogP contribution in [0.4, 0.5) is 4.79 Å². The quantitative estimate of drug-likeness (QED) is 0.318. The summed E-state index contributed by atoms with van der Waals surface area (Å²) < 4.78 is 0. The number of carbonyl (C=O) groups is 1. The zero-order chi connectivity index (χ0) is 19.8. The predicted molar refractivity (Wildman–Crippen MR) is 101 cm³/mol. The van der Waals surface area contributed by atoms with Crippen molar-refractivity contribution in [2.45, 2.75) is 12.2 Å². The number of hydrogen-bond donors (Lipinski definition) is 4. The van der Waals surface area contributed by atoms with Crippen LogP contribution in [0.1, 0.15) is 0 Å². The molecule has 11 heteroatoms. The van der Waals surface area contributed by atoms with E-state index in [-0.39, 0.29) is 32.6 Å². The van der Waals surface area contributed by atoms with Crippen LogP contribution >= 0.6 is 0 Å². The van der Waals surface area contributed by atoms with E-state index < -0.39 is 12.2 Å². The minimum absolute atomic E-state index is 0.0398. The zero-order valence-electron chi connectivity index (χ0n) is 16.5. The van der Waals surface area contributed by atoms with Gasteiger partial charge in [-0.1, -0.05) is 0 Å². The lowest BCUT2D eigenvalue weighted by Crippen LogP contribution is -2.52. The molecule has 2 unspecified atom stereocenters. The van der Waals surface area contributed by atoms with Crippen LogP contribution in [0.2, 0.25) is 0 Å². The first-order valence-electron chi connectivity index (χ1n) is 10.1.